The van der Waals surface area contributed by atoms with E-state index < -0.39 is 5.60 Å². The van der Waals surface area contributed by atoms with Crippen LogP contribution in [-0.2, 0) is 16.1 Å². The van der Waals surface area contributed by atoms with Gasteiger partial charge in [0.25, 0.3) is 5.56 Å². The maximum absolute atomic E-state index is 11.9. The number of hydrogen-bond donors (Lipinski definition) is 0. The van der Waals surface area contributed by atoms with Crippen LogP contribution < -0.4 is 5.56 Å². The summed E-state index contributed by atoms with van der Waals surface area (Å²) in [6.07, 6.45) is 5.46. The van der Waals surface area contributed by atoms with E-state index in [0.29, 0.717) is 6.54 Å². The number of pyridine rings is 1. The molecule has 0 aromatic carbocycles. The van der Waals surface area contributed by atoms with E-state index in [1.54, 1.807) is 4.57 Å². The molecule has 2 rings (SSSR count). The molecule has 0 atom stereocenters. The van der Waals surface area contributed by atoms with Gasteiger partial charge in [0.2, 0.25) is 0 Å². The number of aromatic nitrogens is 1. The van der Waals surface area contributed by atoms with Crippen molar-refractivity contribution in [2.75, 3.05) is 0 Å². The molecular formula is C18H25NO3. The molecule has 1 saturated carbocycles. The van der Waals surface area contributed by atoms with E-state index >= 15 is 0 Å². The highest BCUT2D eigenvalue weighted by atomic mass is 16.6. The molecule has 0 bridgehead atoms. The number of ether oxygens (including phenoxy) is 1. The summed E-state index contributed by atoms with van der Waals surface area (Å²) in [4.78, 5) is 23.8. The summed E-state index contributed by atoms with van der Waals surface area (Å²) >= 11 is 0. The number of hydrogen-bond acceptors (Lipinski definition) is 3. The Balaban J connectivity index is 2.04. The largest absolute Gasteiger partial charge is 0.460 e. The van der Waals surface area contributed by atoms with E-state index in [0.717, 1.165) is 24.0 Å². The Morgan fingerprint density at radius 1 is 1.41 bits per heavy atom. The Morgan fingerprint density at radius 2 is 2.05 bits per heavy atom. The van der Waals surface area contributed by atoms with Gasteiger partial charge in [0.15, 0.2) is 0 Å². The fourth-order valence-electron chi connectivity index (χ4n) is 2.61. The number of aryl methyl sites for hydroxylation is 2. The lowest BCUT2D eigenvalue weighted by atomic mass is 9.79. The molecule has 4 nitrogen and oxygen atoms in total. The fourth-order valence-corrected chi connectivity index (χ4v) is 2.61. The first-order chi connectivity index (χ1) is 10.2. The van der Waals surface area contributed by atoms with Crippen LogP contribution in [0.5, 0.6) is 0 Å². The molecule has 22 heavy (non-hydrogen) atoms. The second-order valence-corrected chi connectivity index (χ2v) is 6.99. The fraction of sp³-hybridized carbons (Fsp3) is 0.556. The van der Waals surface area contributed by atoms with E-state index in [-0.39, 0.29) is 17.4 Å². The van der Waals surface area contributed by atoms with E-state index in [9.17, 15) is 9.59 Å². The Morgan fingerprint density at radius 3 is 2.59 bits per heavy atom. The zero-order valence-electron chi connectivity index (χ0n) is 14.1. The SMILES string of the molecule is CCn1cc(C=C2CC(C(=O)OC(C)(C)C)C2)cc(C)c1=O. The number of carbonyl (C=O) groups excluding carboxylic acids is 1. The average Bonchev–Trinajstić information content (AvgIpc) is 2.34. The van der Waals surface area contributed by atoms with E-state index in [2.05, 4.69) is 6.08 Å². The van der Waals surface area contributed by atoms with Gasteiger partial charge in [0, 0.05) is 18.3 Å². The third-order valence-electron chi connectivity index (χ3n) is 3.76. The minimum atomic E-state index is -0.426. The van der Waals surface area contributed by atoms with Crippen molar-refractivity contribution in [1.82, 2.24) is 4.57 Å². The molecule has 0 saturated heterocycles. The van der Waals surface area contributed by atoms with Crippen molar-refractivity contribution in [1.29, 1.82) is 0 Å². The first-order valence-electron chi connectivity index (χ1n) is 7.83. The Bertz CT molecular complexity index is 654. The first-order valence-corrected chi connectivity index (χ1v) is 7.83. The predicted molar refractivity (Wildman–Crippen MR) is 87.7 cm³/mol. The van der Waals surface area contributed by atoms with Crippen LogP contribution in [0.25, 0.3) is 6.08 Å². The normalized spacial score (nSPS) is 17.9. The summed E-state index contributed by atoms with van der Waals surface area (Å²) in [6, 6.07) is 1.91. The highest BCUT2D eigenvalue weighted by Gasteiger charge is 2.33. The number of rotatable bonds is 3. The average molecular weight is 303 g/mol. The quantitative estimate of drug-likeness (QED) is 0.805. The summed E-state index contributed by atoms with van der Waals surface area (Å²) in [6.45, 7) is 10.1. The number of nitrogens with zero attached hydrogens (tertiary/aromatic N) is 1. The highest BCUT2D eigenvalue weighted by molar-refractivity contribution is 5.76. The maximum atomic E-state index is 11.9. The standard InChI is InChI=1S/C18H25NO3/c1-6-19-11-14(7-12(2)16(19)20)8-13-9-15(10-13)17(21)22-18(3,4)5/h7-8,11,15H,6,9-10H2,1-5H3. The van der Waals surface area contributed by atoms with Gasteiger partial charge in [-0.15, -0.1) is 0 Å². The maximum Gasteiger partial charge on any atom is 0.310 e. The van der Waals surface area contributed by atoms with Gasteiger partial charge in [0.1, 0.15) is 5.60 Å². The second kappa shape index (κ2) is 6.11. The summed E-state index contributed by atoms with van der Waals surface area (Å²) < 4.78 is 7.11. The summed E-state index contributed by atoms with van der Waals surface area (Å²) in [7, 11) is 0. The van der Waals surface area contributed by atoms with E-state index in [4.69, 9.17) is 4.74 Å². The molecule has 120 valence electrons. The number of esters is 1. The first kappa shape index (κ1) is 16.5. The van der Waals surface area contributed by atoms with Crippen molar-refractivity contribution in [2.45, 2.75) is 59.6 Å². The third kappa shape index (κ3) is 3.87. The summed E-state index contributed by atoms with van der Waals surface area (Å²) in [5, 5.41) is 0. The molecule has 1 aliphatic carbocycles. The molecule has 0 unspecified atom stereocenters. The molecule has 1 aromatic rings. The van der Waals surface area contributed by atoms with Crippen molar-refractivity contribution < 1.29 is 9.53 Å². The van der Waals surface area contributed by atoms with Gasteiger partial charge >= 0.3 is 5.97 Å². The van der Waals surface area contributed by atoms with Crippen LogP contribution in [-0.4, -0.2) is 16.1 Å². The molecule has 0 aliphatic heterocycles. The highest BCUT2D eigenvalue weighted by Crippen LogP contribution is 2.36. The van der Waals surface area contributed by atoms with Crippen molar-refractivity contribution >= 4 is 12.0 Å². The Kier molecular flexibility index (Phi) is 4.59. The molecule has 0 spiro atoms. The predicted octanol–water partition coefficient (Wildman–Crippen LogP) is 3.31. The van der Waals surface area contributed by atoms with Crippen LogP contribution in [0.4, 0.5) is 0 Å². The van der Waals surface area contributed by atoms with Gasteiger partial charge in [-0.05, 0) is 59.1 Å². The van der Waals surface area contributed by atoms with E-state index in [1.165, 1.54) is 5.57 Å². The summed E-state index contributed by atoms with van der Waals surface area (Å²) in [5.74, 6) is -0.136. The zero-order chi connectivity index (χ0) is 16.5. The molecular weight excluding hydrogens is 278 g/mol. The van der Waals surface area contributed by atoms with Crippen molar-refractivity contribution in [3.63, 3.8) is 0 Å². The topological polar surface area (TPSA) is 48.3 Å². The molecule has 0 radical (unpaired) electrons. The minimum Gasteiger partial charge on any atom is -0.460 e. The van der Waals surface area contributed by atoms with Gasteiger partial charge in [0.05, 0.1) is 5.92 Å². The minimum absolute atomic E-state index is 0.0244. The lowest BCUT2D eigenvalue weighted by molar-refractivity contribution is -0.161. The van der Waals surface area contributed by atoms with Gasteiger partial charge in [-0.25, -0.2) is 0 Å². The molecule has 1 aliphatic rings. The Hall–Kier alpha value is -1.84. The van der Waals surface area contributed by atoms with Crippen LogP contribution in [0, 0.1) is 12.8 Å². The third-order valence-corrected chi connectivity index (χ3v) is 3.76. The van der Waals surface area contributed by atoms with Gasteiger partial charge < -0.3 is 9.30 Å². The lowest BCUT2D eigenvalue weighted by Gasteiger charge is -2.30. The van der Waals surface area contributed by atoms with Crippen LogP contribution in [0.1, 0.15) is 51.7 Å². The Labute approximate surface area is 131 Å². The van der Waals surface area contributed by atoms with Crippen LogP contribution >= 0.6 is 0 Å². The van der Waals surface area contributed by atoms with Crippen molar-refractivity contribution in [3.05, 3.63) is 39.3 Å². The number of allylic oxidation sites excluding steroid dienone is 1. The molecule has 1 aromatic heterocycles. The smallest absolute Gasteiger partial charge is 0.310 e. The van der Waals surface area contributed by atoms with Gasteiger partial charge in [-0.2, -0.15) is 0 Å². The lowest BCUT2D eigenvalue weighted by Crippen LogP contribution is -2.32. The molecule has 0 N–H and O–H groups in total. The second-order valence-electron chi connectivity index (χ2n) is 6.99. The van der Waals surface area contributed by atoms with Crippen LogP contribution in [0.2, 0.25) is 0 Å². The summed E-state index contributed by atoms with van der Waals surface area (Å²) in [5.41, 5.74) is 2.64. The monoisotopic (exact) mass is 303 g/mol. The number of carbonyl (C=O) groups is 1. The molecule has 0 amide bonds. The van der Waals surface area contributed by atoms with Gasteiger partial charge in [-0.3, -0.25) is 9.59 Å². The molecule has 1 heterocycles. The zero-order valence-corrected chi connectivity index (χ0v) is 14.1. The van der Waals surface area contributed by atoms with Crippen molar-refractivity contribution in [2.24, 2.45) is 5.92 Å². The van der Waals surface area contributed by atoms with Crippen molar-refractivity contribution in [3.8, 4) is 0 Å². The van der Waals surface area contributed by atoms with Crippen LogP contribution in [0.15, 0.2) is 22.6 Å². The van der Waals surface area contributed by atoms with Crippen LogP contribution in [0.3, 0.4) is 0 Å². The molecule has 1 fully saturated rings. The van der Waals surface area contributed by atoms with Gasteiger partial charge in [-0.1, -0.05) is 11.6 Å². The van der Waals surface area contributed by atoms with E-state index in [1.807, 2.05) is 46.9 Å². The molecule has 4 heteroatoms.